The first-order chi connectivity index (χ1) is 7.76. The number of alkyl halides is 3. The fraction of sp³-hybridized carbons (Fsp3) is 0.100. The highest BCUT2D eigenvalue weighted by Gasteiger charge is 2.31. The molecule has 0 unspecified atom stereocenters. The van der Waals surface area contributed by atoms with Gasteiger partial charge in [0.25, 0.3) is 0 Å². The Morgan fingerprint density at radius 3 is 2.53 bits per heavy atom. The van der Waals surface area contributed by atoms with Crippen LogP contribution in [0, 0.1) is 0 Å². The standard InChI is InChI=1S/C10H6BrF3O3/c11-7-3-6(1-2-9(15)16)4-8(5-7)17-10(12,13)14/h1-5H,(H,15,16)/b2-1+. The van der Waals surface area contributed by atoms with Crippen LogP contribution >= 0.6 is 15.9 Å². The lowest BCUT2D eigenvalue weighted by Gasteiger charge is -2.09. The van der Waals surface area contributed by atoms with Crippen molar-refractivity contribution < 1.29 is 27.8 Å². The van der Waals surface area contributed by atoms with Gasteiger partial charge in [0.2, 0.25) is 0 Å². The molecule has 0 aliphatic rings. The second-order valence-corrected chi connectivity index (χ2v) is 3.86. The summed E-state index contributed by atoms with van der Waals surface area (Å²) in [6.45, 7) is 0. The van der Waals surface area contributed by atoms with E-state index in [0.29, 0.717) is 4.47 Å². The molecular weight excluding hydrogens is 305 g/mol. The molecule has 0 amide bonds. The highest BCUT2D eigenvalue weighted by Crippen LogP contribution is 2.27. The fourth-order valence-corrected chi connectivity index (χ4v) is 1.53. The van der Waals surface area contributed by atoms with Gasteiger partial charge in [-0.2, -0.15) is 0 Å². The predicted molar refractivity (Wildman–Crippen MR) is 57.5 cm³/mol. The molecule has 92 valence electrons. The van der Waals surface area contributed by atoms with Crippen molar-refractivity contribution in [1.82, 2.24) is 0 Å². The summed E-state index contributed by atoms with van der Waals surface area (Å²) in [6, 6.07) is 3.67. The van der Waals surface area contributed by atoms with Crippen LogP contribution in [0.4, 0.5) is 13.2 Å². The van der Waals surface area contributed by atoms with Crippen molar-refractivity contribution in [2.24, 2.45) is 0 Å². The van der Waals surface area contributed by atoms with Gasteiger partial charge in [-0.25, -0.2) is 4.79 Å². The van der Waals surface area contributed by atoms with Crippen molar-refractivity contribution in [2.75, 3.05) is 0 Å². The van der Waals surface area contributed by atoms with Gasteiger partial charge in [-0.05, 0) is 29.8 Å². The first kappa shape index (κ1) is 13.6. The maximum atomic E-state index is 12.0. The Kier molecular flexibility index (Phi) is 4.17. The third-order valence-corrected chi connectivity index (χ3v) is 2.00. The monoisotopic (exact) mass is 310 g/mol. The summed E-state index contributed by atoms with van der Waals surface area (Å²) in [5.41, 5.74) is 0.279. The topological polar surface area (TPSA) is 46.5 Å². The zero-order valence-electron chi connectivity index (χ0n) is 8.16. The smallest absolute Gasteiger partial charge is 0.478 e. The van der Waals surface area contributed by atoms with E-state index in [1.54, 1.807) is 0 Å². The number of carboxylic acid groups (broad SMARTS) is 1. The van der Waals surface area contributed by atoms with Crippen molar-refractivity contribution >= 4 is 28.0 Å². The molecule has 1 aromatic rings. The Morgan fingerprint density at radius 2 is 2.00 bits per heavy atom. The van der Waals surface area contributed by atoms with E-state index in [1.165, 1.54) is 6.07 Å². The maximum Gasteiger partial charge on any atom is 0.573 e. The van der Waals surface area contributed by atoms with Crippen LogP contribution in [0.5, 0.6) is 5.75 Å². The Morgan fingerprint density at radius 1 is 1.35 bits per heavy atom. The van der Waals surface area contributed by atoms with Crippen LogP contribution in [0.25, 0.3) is 6.08 Å². The maximum absolute atomic E-state index is 12.0. The molecule has 0 atom stereocenters. The van der Waals surface area contributed by atoms with Gasteiger partial charge in [0.1, 0.15) is 5.75 Å². The van der Waals surface area contributed by atoms with E-state index in [-0.39, 0.29) is 5.56 Å². The van der Waals surface area contributed by atoms with Gasteiger partial charge in [-0.15, -0.1) is 13.2 Å². The Bertz CT molecular complexity index is 455. The number of benzene rings is 1. The minimum Gasteiger partial charge on any atom is -0.478 e. The number of aliphatic carboxylic acids is 1. The first-order valence-electron chi connectivity index (χ1n) is 4.23. The molecule has 0 aromatic heterocycles. The van der Waals surface area contributed by atoms with Crippen molar-refractivity contribution in [2.45, 2.75) is 6.36 Å². The lowest BCUT2D eigenvalue weighted by molar-refractivity contribution is -0.274. The van der Waals surface area contributed by atoms with E-state index in [0.717, 1.165) is 24.3 Å². The quantitative estimate of drug-likeness (QED) is 0.870. The van der Waals surface area contributed by atoms with E-state index < -0.39 is 18.1 Å². The van der Waals surface area contributed by atoms with Crippen LogP contribution in [-0.4, -0.2) is 17.4 Å². The molecule has 0 heterocycles. The number of carbonyl (C=O) groups is 1. The van der Waals surface area contributed by atoms with E-state index in [9.17, 15) is 18.0 Å². The molecule has 17 heavy (non-hydrogen) atoms. The molecule has 0 spiro atoms. The molecule has 0 radical (unpaired) electrons. The molecule has 1 N–H and O–H groups in total. The van der Waals surface area contributed by atoms with Crippen LogP contribution in [0.2, 0.25) is 0 Å². The van der Waals surface area contributed by atoms with Gasteiger partial charge in [0, 0.05) is 10.5 Å². The molecule has 0 saturated carbocycles. The largest absolute Gasteiger partial charge is 0.573 e. The van der Waals surface area contributed by atoms with E-state index >= 15 is 0 Å². The number of ether oxygens (including phenoxy) is 1. The summed E-state index contributed by atoms with van der Waals surface area (Å²) in [5.74, 6) is -1.61. The molecule has 1 rings (SSSR count). The van der Waals surface area contributed by atoms with Gasteiger partial charge in [0.15, 0.2) is 0 Å². The Balaban J connectivity index is 2.98. The molecule has 0 aliphatic carbocycles. The van der Waals surface area contributed by atoms with Gasteiger partial charge >= 0.3 is 12.3 Å². The number of hydrogen-bond acceptors (Lipinski definition) is 2. The lowest BCUT2D eigenvalue weighted by Crippen LogP contribution is -2.17. The van der Waals surface area contributed by atoms with Crippen LogP contribution < -0.4 is 4.74 Å². The number of halogens is 4. The van der Waals surface area contributed by atoms with Crippen molar-refractivity contribution in [3.63, 3.8) is 0 Å². The predicted octanol–water partition coefficient (Wildman–Crippen LogP) is 3.45. The highest BCUT2D eigenvalue weighted by molar-refractivity contribution is 9.10. The molecule has 7 heteroatoms. The first-order valence-corrected chi connectivity index (χ1v) is 5.03. The number of rotatable bonds is 3. The normalized spacial score (nSPS) is 11.8. The van der Waals surface area contributed by atoms with Crippen LogP contribution in [0.1, 0.15) is 5.56 Å². The van der Waals surface area contributed by atoms with E-state index in [2.05, 4.69) is 20.7 Å². The second kappa shape index (κ2) is 5.22. The fourth-order valence-electron chi connectivity index (χ4n) is 1.04. The zero-order valence-corrected chi connectivity index (χ0v) is 9.75. The van der Waals surface area contributed by atoms with Gasteiger partial charge in [-0.1, -0.05) is 15.9 Å². The minimum atomic E-state index is -4.78. The van der Waals surface area contributed by atoms with Crippen molar-refractivity contribution in [3.8, 4) is 5.75 Å². The third kappa shape index (κ3) is 5.39. The van der Waals surface area contributed by atoms with Gasteiger partial charge < -0.3 is 9.84 Å². The summed E-state index contributed by atoms with van der Waals surface area (Å²) in [7, 11) is 0. The van der Waals surface area contributed by atoms with E-state index in [4.69, 9.17) is 5.11 Å². The third-order valence-electron chi connectivity index (χ3n) is 1.55. The summed E-state index contributed by atoms with van der Waals surface area (Å²) in [6.07, 6.45) is -2.80. The number of hydrogen-bond donors (Lipinski definition) is 1. The number of carboxylic acids is 1. The Labute approximate surface area is 103 Å². The van der Waals surface area contributed by atoms with Gasteiger partial charge in [0.05, 0.1) is 0 Å². The zero-order chi connectivity index (χ0) is 13.1. The van der Waals surface area contributed by atoms with Gasteiger partial charge in [-0.3, -0.25) is 0 Å². The molecule has 0 fully saturated rings. The summed E-state index contributed by atoms with van der Waals surface area (Å²) < 4.78 is 40.0. The average Bonchev–Trinajstić information content (AvgIpc) is 2.10. The summed E-state index contributed by atoms with van der Waals surface area (Å²) in [4.78, 5) is 10.3. The minimum absolute atomic E-state index is 0.279. The van der Waals surface area contributed by atoms with Crippen LogP contribution in [0.3, 0.4) is 0 Å². The van der Waals surface area contributed by atoms with Crippen LogP contribution in [0.15, 0.2) is 28.7 Å². The van der Waals surface area contributed by atoms with Crippen molar-refractivity contribution in [3.05, 3.63) is 34.3 Å². The molecular formula is C10H6BrF3O3. The van der Waals surface area contributed by atoms with Crippen LogP contribution in [-0.2, 0) is 4.79 Å². The van der Waals surface area contributed by atoms with E-state index in [1.807, 2.05) is 0 Å². The average molecular weight is 311 g/mol. The van der Waals surface area contributed by atoms with Crippen molar-refractivity contribution in [1.29, 1.82) is 0 Å². The summed E-state index contributed by atoms with van der Waals surface area (Å²) in [5, 5.41) is 8.39. The summed E-state index contributed by atoms with van der Waals surface area (Å²) >= 11 is 3.00. The highest BCUT2D eigenvalue weighted by atomic mass is 79.9. The molecule has 0 saturated heterocycles. The molecule has 0 bridgehead atoms. The molecule has 1 aromatic carbocycles. The lowest BCUT2D eigenvalue weighted by atomic mass is 10.2. The Hall–Kier alpha value is -1.50. The second-order valence-electron chi connectivity index (χ2n) is 2.94. The SMILES string of the molecule is O=C(O)/C=C/c1cc(Br)cc(OC(F)(F)F)c1. The molecule has 3 nitrogen and oxygen atoms in total. The molecule has 0 aliphatic heterocycles.